The van der Waals surface area contributed by atoms with Crippen molar-refractivity contribution >= 4 is 11.6 Å². The molecule has 0 aromatic heterocycles. The SMILES string of the molecule is CC(=O)CCC=C1CN2CC=CC=C2C1=O. The number of Topliss-reactive ketones (excluding diaryl/α,β-unsaturated/α-hetero) is 2. The fraction of sp³-hybridized carbons (Fsp3) is 0.385. The summed E-state index contributed by atoms with van der Waals surface area (Å²) in [6.45, 7) is 3.07. The van der Waals surface area contributed by atoms with E-state index < -0.39 is 0 Å². The Morgan fingerprint density at radius 3 is 3.06 bits per heavy atom. The van der Waals surface area contributed by atoms with Crippen LogP contribution in [0.25, 0.3) is 0 Å². The highest BCUT2D eigenvalue weighted by Gasteiger charge is 2.29. The lowest BCUT2D eigenvalue weighted by Crippen LogP contribution is -2.20. The maximum Gasteiger partial charge on any atom is 0.206 e. The zero-order valence-corrected chi connectivity index (χ0v) is 9.40. The Labute approximate surface area is 95.1 Å². The molecule has 0 atom stereocenters. The third kappa shape index (κ3) is 2.13. The predicted molar refractivity (Wildman–Crippen MR) is 61.8 cm³/mol. The number of hydrogen-bond donors (Lipinski definition) is 0. The second-order valence-electron chi connectivity index (χ2n) is 4.16. The number of ketones is 2. The molecule has 84 valence electrons. The molecule has 0 saturated carbocycles. The average molecular weight is 217 g/mol. The minimum absolute atomic E-state index is 0.118. The Balaban J connectivity index is 2.04. The molecule has 0 amide bonds. The van der Waals surface area contributed by atoms with Gasteiger partial charge < -0.3 is 9.69 Å². The molecule has 1 saturated heterocycles. The van der Waals surface area contributed by atoms with Gasteiger partial charge in [-0.2, -0.15) is 0 Å². The normalized spacial score (nSPS) is 21.3. The summed E-state index contributed by atoms with van der Waals surface area (Å²) < 4.78 is 0. The van der Waals surface area contributed by atoms with Crippen LogP contribution in [0.3, 0.4) is 0 Å². The summed E-state index contributed by atoms with van der Waals surface area (Å²) >= 11 is 0. The smallest absolute Gasteiger partial charge is 0.206 e. The number of nitrogens with zero attached hydrogens (tertiary/aromatic N) is 1. The van der Waals surface area contributed by atoms with Gasteiger partial charge in [0.15, 0.2) is 0 Å². The predicted octanol–water partition coefficient (Wildman–Crippen LogP) is 1.62. The van der Waals surface area contributed by atoms with Gasteiger partial charge in [-0.25, -0.2) is 0 Å². The molecule has 0 spiro atoms. The van der Waals surface area contributed by atoms with Crippen molar-refractivity contribution in [2.75, 3.05) is 13.1 Å². The number of rotatable bonds is 3. The number of carbonyl (C=O) groups is 2. The Bertz CT molecular complexity index is 416. The zero-order chi connectivity index (χ0) is 11.5. The Hall–Kier alpha value is -1.64. The molecule has 3 nitrogen and oxygen atoms in total. The molecule has 2 heterocycles. The number of carbonyl (C=O) groups excluding carboxylic acids is 2. The van der Waals surface area contributed by atoms with Crippen LogP contribution in [-0.4, -0.2) is 29.6 Å². The third-order valence-corrected chi connectivity index (χ3v) is 2.83. The Kier molecular flexibility index (Phi) is 3.04. The third-order valence-electron chi connectivity index (χ3n) is 2.83. The molecule has 0 aliphatic carbocycles. The first-order chi connectivity index (χ1) is 7.68. The molecule has 16 heavy (non-hydrogen) atoms. The molecule has 0 radical (unpaired) electrons. The lowest BCUT2D eigenvalue weighted by molar-refractivity contribution is -0.117. The van der Waals surface area contributed by atoms with Gasteiger partial charge in [0.25, 0.3) is 0 Å². The first-order valence-corrected chi connectivity index (χ1v) is 5.53. The summed E-state index contributed by atoms with van der Waals surface area (Å²) in [7, 11) is 0. The molecule has 0 aromatic rings. The van der Waals surface area contributed by atoms with Crippen molar-refractivity contribution in [1.82, 2.24) is 4.90 Å². The molecule has 1 fully saturated rings. The summed E-state index contributed by atoms with van der Waals surface area (Å²) in [4.78, 5) is 24.8. The van der Waals surface area contributed by atoms with Crippen LogP contribution >= 0.6 is 0 Å². The minimum Gasteiger partial charge on any atom is -0.360 e. The first-order valence-electron chi connectivity index (χ1n) is 5.53. The highest BCUT2D eigenvalue weighted by molar-refractivity contribution is 6.10. The highest BCUT2D eigenvalue weighted by Crippen LogP contribution is 2.24. The Morgan fingerprint density at radius 2 is 2.38 bits per heavy atom. The van der Waals surface area contributed by atoms with Crippen LogP contribution in [0.1, 0.15) is 19.8 Å². The summed E-state index contributed by atoms with van der Waals surface area (Å²) in [6.07, 6.45) is 8.91. The van der Waals surface area contributed by atoms with Gasteiger partial charge in [-0.05, 0) is 19.4 Å². The number of hydrogen-bond acceptors (Lipinski definition) is 3. The largest absolute Gasteiger partial charge is 0.360 e. The lowest BCUT2D eigenvalue weighted by Gasteiger charge is -2.17. The molecule has 3 heteroatoms. The van der Waals surface area contributed by atoms with Crippen LogP contribution in [0.2, 0.25) is 0 Å². The Morgan fingerprint density at radius 1 is 1.56 bits per heavy atom. The van der Waals surface area contributed by atoms with Crippen LogP contribution in [0.4, 0.5) is 0 Å². The van der Waals surface area contributed by atoms with Crippen molar-refractivity contribution in [2.24, 2.45) is 0 Å². The van der Waals surface area contributed by atoms with E-state index in [0.29, 0.717) is 19.4 Å². The van der Waals surface area contributed by atoms with Crippen molar-refractivity contribution < 1.29 is 9.59 Å². The van der Waals surface area contributed by atoms with Crippen molar-refractivity contribution in [3.8, 4) is 0 Å². The highest BCUT2D eigenvalue weighted by atomic mass is 16.1. The maximum absolute atomic E-state index is 11.9. The average Bonchev–Trinajstić information content (AvgIpc) is 2.56. The van der Waals surface area contributed by atoms with Gasteiger partial charge in [-0.15, -0.1) is 0 Å². The van der Waals surface area contributed by atoms with Gasteiger partial charge >= 0.3 is 0 Å². The van der Waals surface area contributed by atoms with E-state index in [-0.39, 0.29) is 11.6 Å². The second kappa shape index (κ2) is 4.47. The van der Waals surface area contributed by atoms with E-state index in [1.807, 2.05) is 24.3 Å². The fourth-order valence-corrected chi connectivity index (χ4v) is 1.97. The van der Waals surface area contributed by atoms with Crippen molar-refractivity contribution in [2.45, 2.75) is 19.8 Å². The van der Waals surface area contributed by atoms with Crippen LogP contribution < -0.4 is 0 Å². The first kappa shape index (κ1) is 10.9. The summed E-state index contributed by atoms with van der Waals surface area (Å²) in [5, 5.41) is 0. The summed E-state index contributed by atoms with van der Waals surface area (Å²) in [5.74, 6) is 0.286. The quantitative estimate of drug-likeness (QED) is 0.674. The van der Waals surface area contributed by atoms with Crippen molar-refractivity contribution in [1.29, 1.82) is 0 Å². The zero-order valence-electron chi connectivity index (χ0n) is 9.40. The van der Waals surface area contributed by atoms with Crippen molar-refractivity contribution in [3.63, 3.8) is 0 Å². The maximum atomic E-state index is 11.9. The molecule has 0 N–H and O–H groups in total. The second-order valence-corrected chi connectivity index (χ2v) is 4.16. The van der Waals surface area contributed by atoms with Gasteiger partial charge in [0.1, 0.15) is 5.78 Å². The lowest BCUT2D eigenvalue weighted by atomic mass is 10.1. The molecule has 2 aliphatic rings. The van der Waals surface area contributed by atoms with Gasteiger partial charge in [0.05, 0.1) is 5.70 Å². The summed E-state index contributed by atoms with van der Waals surface area (Å²) in [5.41, 5.74) is 1.62. The van der Waals surface area contributed by atoms with Crippen LogP contribution in [0, 0.1) is 0 Å². The van der Waals surface area contributed by atoms with E-state index in [1.54, 1.807) is 6.92 Å². The van der Waals surface area contributed by atoms with Gasteiger partial charge in [-0.3, -0.25) is 4.79 Å². The molecule has 2 rings (SSSR count). The van der Waals surface area contributed by atoms with Gasteiger partial charge in [-0.1, -0.05) is 18.2 Å². The molecular weight excluding hydrogens is 202 g/mol. The monoisotopic (exact) mass is 217 g/mol. The van der Waals surface area contributed by atoms with E-state index in [4.69, 9.17) is 0 Å². The van der Waals surface area contributed by atoms with E-state index in [2.05, 4.69) is 4.90 Å². The molecule has 0 unspecified atom stereocenters. The molecule has 0 aromatic carbocycles. The van der Waals surface area contributed by atoms with E-state index in [9.17, 15) is 9.59 Å². The van der Waals surface area contributed by atoms with E-state index >= 15 is 0 Å². The van der Waals surface area contributed by atoms with Gasteiger partial charge in [0, 0.05) is 25.1 Å². The summed E-state index contributed by atoms with van der Waals surface area (Å²) in [6, 6.07) is 0. The minimum atomic E-state index is 0.118. The molecule has 0 bridgehead atoms. The fourth-order valence-electron chi connectivity index (χ4n) is 1.97. The van der Waals surface area contributed by atoms with Crippen LogP contribution in [-0.2, 0) is 9.59 Å². The van der Waals surface area contributed by atoms with Crippen LogP contribution in [0.5, 0.6) is 0 Å². The molecule has 2 aliphatic heterocycles. The topological polar surface area (TPSA) is 37.4 Å². The van der Waals surface area contributed by atoms with Crippen LogP contribution in [0.15, 0.2) is 35.6 Å². The van der Waals surface area contributed by atoms with E-state index in [0.717, 1.165) is 17.8 Å². The van der Waals surface area contributed by atoms with Crippen molar-refractivity contribution in [3.05, 3.63) is 35.6 Å². The number of fused-ring (bicyclic) bond motifs is 1. The van der Waals surface area contributed by atoms with E-state index in [1.165, 1.54) is 0 Å². The number of allylic oxidation sites excluding steroid dienone is 4. The van der Waals surface area contributed by atoms with Gasteiger partial charge in [0.2, 0.25) is 5.78 Å². The molecular formula is C13H15NO2. The standard InChI is InChI=1S/C13H15NO2/c1-10(15)5-4-6-11-9-14-8-3-2-7-12(14)13(11)16/h2-3,6-7H,4-5,8-9H2,1H3.